The Bertz CT molecular complexity index is 1970. The van der Waals surface area contributed by atoms with E-state index >= 15 is 0 Å². The lowest BCUT2D eigenvalue weighted by molar-refractivity contribution is -0.134. The zero-order valence-corrected chi connectivity index (χ0v) is 52.4. The number of ketones is 6. The van der Waals surface area contributed by atoms with Gasteiger partial charge in [-0.3, -0.25) is 33.6 Å². The molecule has 3 amide bonds. The van der Waals surface area contributed by atoms with Gasteiger partial charge >= 0.3 is 6.03 Å². The summed E-state index contributed by atoms with van der Waals surface area (Å²) in [6.45, 7) is 47.8. The summed E-state index contributed by atoms with van der Waals surface area (Å²) in [5, 5.41) is 15.5. The minimum absolute atomic E-state index is 0.0410. The first-order valence-corrected chi connectivity index (χ1v) is 28.1. The Hall–Kier alpha value is -4.14. The fourth-order valence-electron chi connectivity index (χ4n) is 8.85. The van der Waals surface area contributed by atoms with Crippen molar-refractivity contribution in [3.05, 3.63) is 35.9 Å². The Balaban J connectivity index is 0. The van der Waals surface area contributed by atoms with Gasteiger partial charge in [0.25, 0.3) is 0 Å². The molecule has 0 bridgehead atoms. The van der Waals surface area contributed by atoms with Crippen molar-refractivity contribution in [2.24, 2.45) is 51.6 Å². The van der Waals surface area contributed by atoms with Gasteiger partial charge in [-0.1, -0.05) is 127 Å². The molecule has 1 aromatic carbocycles. The van der Waals surface area contributed by atoms with Crippen molar-refractivity contribution in [1.29, 1.82) is 0 Å². The van der Waals surface area contributed by atoms with Gasteiger partial charge in [-0.25, -0.2) is 4.79 Å². The van der Waals surface area contributed by atoms with Crippen LogP contribution < -0.4 is 32.3 Å². The normalized spacial score (nSPS) is 14.9. The Morgan fingerprint density at radius 1 is 0.474 bits per heavy atom. The first kappa shape index (κ1) is 73.9. The number of primary amides is 1. The highest BCUT2D eigenvalue weighted by atomic mass is 16.2. The van der Waals surface area contributed by atoms with Gasteiger partial charge in [0, 0.05) is 89.9 Å². The number of urea groups is 1. The molecular formula is C62H112N6O8. The maximum Gasteiger partial charge on any atom is 0.312 e. The van der Waals surface area contributed by atoms with Gasteiger partial charge in [-0.2, -0.15) is 0 Å². The molecule has 0 radical (unpaired) electrons. The summed E-state index contributed by atoms with van der Waals surface area (Å²) in [4.78, 5) is 98.7. The molecule has 6 unspecified atom stereocenters. The standard InChI is InChI=1S/C24H39N3O3.C21H40N2O3.C17H33NO2/c1-23(2,3)21(29)18(13-10-14-26-22(25)30)16-20(28)19(27-24(4,5)6)15-17-11-8-7-9-12-17;1-14(2)18(23-21(7,8)9)17(25)13-16(19(26)20(4,5)6)11-10-12-22-15(3)24;1-11(2)14(18-17(7,8)9)13(19)10-12(3)15(20)16(4,5)6/h7-9,11-12,18-19,27H,10,13-16H2,1-6H3,(H3,25,26,30);14,16,18,23H,10-13H2,1-9H3,(H,22,24);11-12,14,18H,10H2,1-9H3. The van der Waals surface area contributed by atoms with Gasteiger partial charge in [0.15, 0.2) is 17.3 Å². The van der Waals surface area contributed by atoms with Crippen molar-refractivity contribution in [2.45, 2.75) is 252 Å². The maximum absolute atomic E-state index is 13.3. The molecule has 0 aromatic heterocycles. The third kappa shape index (κ3) is 33.9. The van der Waals surface area contributed by atoms with Gasteiger partial charge < -0.3 is 32.3 Å². The number of rotatable bonds is 27. The van der Waals surface area contributed by atoms with Crippen LogP contribution in [-0.2, 0) is 40.0 Å². The summed E-state index contributed by atoms with van der Waals surface area (Å²) in [7, 11) is 0. The highest BCUT2D eigenvalue weighted by Gasteiger charge is 2.37. The van der Waals surface area contributed by atoms with Gasteiger partial charge in [0.2, 0.25) is 5.91 Å². The van der Waals surface area contributed by atoms with Crippen LogP contribution in [0.25, 0.3) is 0 Å². The van der Waals surface area contributed by atoms with Crippen LogP contribution in [0.3, 0.4) is 0 Å². The summed E-state index contributed by atoms with van der Waals surface area (Å²) in [6.07, 6.45) is 3.78. The Kier molecular flexibility index (Phi) is 31.8. The largest absolute Gasteiger partial charge is 0.356 e. The number of hydrogen-bond acceptors (Lipinski definition) is 11. The summed E-state index contributed by atoms with van der Waals surface area (Å²) < 4.78 is 0. The van der Waals surface area contributed by atoms with Crippen molar-refractivity contribution < 1.29 is 38.4 Å². The second-order valence-corrected chi connectivity index (χ2v) is 28.1. The van der Waals surface area contributed by atoms with E-state index in [4.69, 9.17) is 5.73 Å². The molecule has 0 aliphatic carbocycles. The Morgan fingerprint density at radius 2 is 0.829 bits per heavy atom. The number of carbonyl (C=O) groups excluding carboxylic acids is 8. The van der Waals surface area contributed by atoms with Crippen molar-refractivity contribution in [3.63, 3.8) is 0 Å². The molecular weight excluding hydrogens is 957 g/mol. The molecule has 1 rings (SSSR count). The summed E-state index contributed by atoms with van der Waals surface area (Å²) in [5.41, 5.74) is 4.28. The van der Waals surface area contributed by atoms with E-state index in [0.29, 0.717) is 51.6 Å². The van der Waals surface area contributed by atoms with E-state index in [2.05, 4.69) is 47.4 Å². The van der Waals surface area contributed by atoms with E-state index in [1.165, 1.54) is 6.92 Å². The third-order valence-electron chi connectivity index (χ3n) is 12.4. The molecule has 6 atom stereocenters. The van der Waals surface area contributed by atoms with Crippen LogP contribution in [0.5, 0.6) is 0 Å². The SMILES string of the molecule is CC(=O)NCCCC(CC(=O)C(NC(C)(C)C)C(C)C)C(=O)C(C)(C)C.CC(C)(C)NC(Cc1ccccc1)C(=O)CC(CCCNC(N)=O)C(=O)C(C)(C)C.CC(CC(=O)C(NC(C)(C)C)C(C)C)C(=O)C(C)(C)C. The molecule has 7 N–H and O–H groups in total. The Morgan fingerprint density at radius 3 is 1.16 bits per heavy atom. The predicted molar refractivity (Wildman–Crippen MR) is 313 cm³/mol. The van der Waals surface area contributed by atoms with E-state index in [-0.39, 0.29) is 123 Å². The van der Waals surface area contributed by atoms with E-state index in [1.807, 2.05) is 169 Å². The van der Waals surface area contributed by atoms with Gasteiger partial charge in [0.1, 0.15) is 17.3 Å². The Labute approximate surface area is 462 Å². The molecule has 0 aliphatic heterocycles. The average molecular weight is 1070 g/mol. The van der Waals surface area contributed by atoms with E-state index in [1.54, 1.807) is 0 Å². The van der Waals surface area contributed by atoms with Crippen LogP contribution in [0.4, 0.5) is 4.79 Å². The van der Waals surface area contributed by atoms with Crippen LogP contribution in [0.1, 0.15) is 217 Å². The fourth-order valence-corrected chi connectivity index (χ4v) is 8.85. The van der Waals surface area contributed by atoms with E-state index in [0.717, 1.165) is 5.56 Å². The third-order valence-corrected chi connectivity index (χ3v) is 12.4. The number of Topliss-reactive ketones (excluding diaryl/α,β-unsaturated/α-hetero) is 6. The van der Waals surface area contributed by atoms with E-state index < -0.39 is 16.9 Å². The second kappa shape index (κ2) is 32.7. The van der Waals surface area contributed by atoms with Gasteiger partial charge in [-0.05, 0) is 112 Å². The van der Waals surface area contributed by atoms with Crippen LogP contribution in [0.15, 0.2) is 30.3 Å². The van der Waals surface area contributed by atoms with E-state index in [9.17, 15) is 38.4 Å². The lowest BCUT2D eigenvalue weighted by Gasteiger charge is -2.32. The smallest absolute Gasteiger partial charge is 0.312 e. The zero-order valence-electron chi connectivity index (χ0n) is 52.4. The lowest BCUT2D eigenvalue weighted by atomic mass is 9.77. The molecule has 0 saturated heterocycles. The van der Waals surface area contributed by atoms with Crippen molar-refractivity contribution in [1.82, 2.24) is 26.6 Å². The molecule has 76 heavy (non-hydrogen) atoms. The number of benzene rings is 1. The number of carbonyl (C=O) groups is 8. The molecule has 0 heterocycles. The molecule has 438 valence electrons. The topological polar surface area (TPSA) is 223 Å². The molecule has 14 heteroatoms. The molecule has 0 fully saturated rings. The van der Waals surface area contributed by atoms with Crippen molar-refractivity contribution in [3.8, 4) is 0 Å². The summed E-state index contributed by atoms with van der Waals surface area (Å²) in [5.74, 6) is 0.0210. The molecule has 0 aliphatic rings. The van der Waals surface area contributed by atoms with Crippen LogP contribution in [0, 0.1) is 45.8 Å². The highest BCUT2D eigenvalue weighted by molar-refractivity contribution is 5.94. The summed E-state index contributed by atoms with van der Waals surface area (Å²) >= 11 is 0. The predicted octanol–water partition coefficient (Wildman–Crippen LogP) is 10.7. The average Bonchev–Trinajstić information content (AvgIpc) is 3.24. The zero-order chi connectivity index (χ0) is 60.0. The molecule has 14 nitrogen and oxygen atoms in total. The highest BCUT2D eigenvalue weighted by Crippen LogP contribution is 2.29. The minimum atomic E-state index is -0.581. The van der Waals surface area contributed by atoms with Crippen molar-refractivity contribution >= 4 is 46.6 Å². The molecule has 0 spiro atoms. The van der Waals surface area contributed by atoms with Crippen LogP contribution in [0.2, 0.25) is 0 Å². The lowest BCUT2D eigenvalue weighted by Crippen LogP contribution is -2.51. The minimum Gasteiger partial charge on any atom is -0.356 e. The van der Waals surface area contributed by atoms with Crippen LogP contribution in [-0.4, -0.2) is 94.5 Å². The van der Waals surface area contributed by atoms with Crippen LogP contribution >= 0.6 is 0 Å². The summed E-state index contributed by atoms with van der Waals surface area (Å²) in [6, 6.07) is 8.50. The quantitative estimate of drug-likeness (QED) is 0.0455. The maximum atomic E-state index is 13.3. The number of nitrogens with one attached hydrogen (secondary N) is 5. The monoisotopic (exact) mass is 1070 g/mol. The molecule has 0 saturated carbocycles. The first-order valence-electron chi connectivity index (χ1n) is 28.1. The van der Waals surface area contributed by atoms with Gasteiger partial charge in [-0.15, -0.1) is 0 Å². The van der Waals surface area contributed by atoms with Crippen molar-refractivity contribution in [2.75, 3.05) is 13.1 Å². The number of nitrogens with two attached hydrogens (primary N) is 1. The number of hydrogen-bond donors (Lipinski definition) is 6. The number of amides is 3. The first-order chi connectivity index (χ1) is 34.2. The molecule has 1 aromatic rings. The van der Waals surface area contributed by atoms with Gasteiger partial charge in [0.05, 0.1) is 18.1 Å². The second-order valence-electron chi connectivity index (χ2n) is 28.1. The fraction of sp³-hybridized carbons (Fsp3) is 0.774.